The Morgan fingerprint density at radius 3 is 2.48 bits per heavy atom. The molecule has 3 aromatic carbocycles. The van der Waals surface area contributed by atoms with Crippen LogP contribution in [0.25, 0.3) is 0 Å². The third-order valence-corrected chi connectivity index (χ3v) is 4.75. The molecule has 0 fully saturated rings. The summed E-state index contributed by atoms with van der Waals surface area (Å²) in [5, 5.41) is 3.54. The molecule has 1 N–H and O–H groups in total. The van der Waals surface area contributed by atoms with Gasteiger partial charge in [-0.3, -0.25) is 0 Å². The molecular weight excluding hydrogens is 453 g/mol. The highest BCUT2D eigenvalue weighted by atomic mass is 127. The highest BCUT2D eigenvalue weighted by molar-refractivity contribution is 14.1. The van der Waals surface area contributed by atoms with E-state index >= 15 is 0 Å². The first kappa shape index (κ1) is 18.0. The largest absolute Gasteiger partial charge is 0.489 e. The topological polar surface area (TPSA) is 39.7 Å². The molecule has 0 unspecified atom stereocenters. The van der Waals surface area contributed by atoms with Crippen molar-refractivity contribution in [3.63, 3.8) is 0 Å². The number of anilines is 1. The van der Waals surface area contributed by atoms with Crippen LogP contribution >= 0.6 is 22.6 Å². The van der Waals surface area contributed by atoms with Gasteiger partial charge in [0, 0.05) is 6.07 Å². The standard InChI is InChI=1S/C22H20INO3/c23-15-27-18-8-6-17(7-9-18)21-14-26-22-12-19(10-11-20(22)24-21)25-13-16-4-2-1-3-5-16/h1-12,21,24H,13-15H2/t21-/m0/s1. The summed E-state index contributed by atoms with van der Waals surface area (Å²) in [5.74, 6) is 2.50. The van der Waals surface area contributed by atoms with Gasteiger partial charge in [0.05, 0.1) is 11.7 Å². The SMILES string of the molecule is ICOc1ccc([C@@H]2COc3cc(OCc4ccccc4)ccc3N2)cc1. The van der Waals surface area contributed by atoms with Crippen LogP contribution in [0.2, 0.25) is 0 Å². The zero-order valence-electron chi connectivity index (χ0n) is 14.7. The van der Waals surface area contributed by atoms with Crippen molar-refractivity contribution in [1.82, 2.24) is 0 Å². The lowest BCUT2D eigenvalue weighted by Crippen LogP contribution is -2.23. The Balaban J connectivity index is 1.41. The minimum absolute atomic E-state index is 0.113. The summed E-state index contributed by atoms with van der Waals surface area (Å²) in [6.45, 7) is 1.11. The summed E-state index contributed by atoms with van der Waals surface area (Å²) in [6.07, 6.45) is 0. The fourth-order valence-electron chi connectivity index (χ4n) is 3.01. The predicted octanol–water partition coefficient (Wildman–Crippen LogP) is 5.58. The summed E-state index contributed by atoms with van der Waals surface area (Å²) in [5.41, 5.74) is 3.29. The van der Waals surface area contributed by atoms with Crippen LogP contribution in [0.5, 0.6) is 17.2 Å². The number of ether oxygens (including phenoxy) is 3. The molecular formula is C22H20INO3. The van der Waals surface area contributed by atoms with Crippen LogP contribution in [0.15, 0.2) is 72.8 Å². The van der Waals surface area contributed by atoms with Crippen molar-refractivity contribution in [2.45, 2.75) is 12.6 Å². The van der Waals surface area contributed by atoms with E-state index in [1.807, 2.05) is 48.5 Å². The highest BCUT2D eigenvalue weighted by Gasteiger charge is 2.21. The van der Waals surface area contributed by atoms with Gasteiger partial charge in [-0.25, -0.2) is 0 Å². The van der Waals surface area contributed by atoms with Gasteiger partial charge in [0.15, 0.2) is 0 Å². The third-order valence-electron chi connectivity index (χ3n) is 4.44. The van der Waals surface area contributed by atoms with Crippen LogP contribution in [0.1, 0.15) is 17.2 Å². The Labute approximate surface area is 172 Å². The van der Waals surface area contributed by atoms with Crippen molar-refractivity contribution in [2.24, 2.45) is 0 Å². The molecule has 1 heterocycles. The van der Waals surface area contributed by atoms with Crippen molar-refractivity contribution < 1.29 is 14.2 Å². The molecule has 0 radical (unpaired) electrons. The molecule has 1 aliphatic rings. The van der Waals surface area contributed by atoms with E-state index < -0.39 is 0 Å². The van der Waals surface area contributed by atoms with E-state index in [2.05, 4.69) is 52.2 Å². The highest BCUT2D eigenvalue weighted by Crippen LogP contribution is 2.36. The number of benzene rings is 3. The van der Waals surface area contributed by atoms with E-state index in [1.54, 1.807) is 0 Å². The first-order chi connectivity index (χ1) is 13.3. The van der Waals surface area contributed by atoms with Crippen molar-refractivity contribution in [3.8, 4) is 17.2 Å². The molecule has 0 amide bonds. The summed E-state index contributed by atoms with van der Waals surface area (Å²) >= 11 is 2.19. The Morgan fingerprint density at radius 2 is 1.70 bits per heavy atom. The first-order valence-electron chi connectivity index (χ1n) is 8.80. The van der Waals surface area contributed by atoms with Gasteiger partial charge in [-0.15, -0.1) is 0 Å². The minimum Gasteiger partial charge on any atom is -0.489 e. The van der Waals surface area contributed by atoms with Crippen LogP contribution in [-0.2, 0) is 6.61 Å². The fourth-order valence-corrected chi connectivity index (χ4v) is 3.37. The number of rotatable bonds is 6. The maximum atomic E-state index is 5.99. The molecule has 4 rings (SSSR count). The molecule has 0 saturated heterocycles. The Kier molecular flexibility index (Phi) is 5.67. The molecule has 0 aliphatic carbocycles. The van der Waals surface area contributed by atoms with E-state index in [4.69, 9.17) is 14.2 Å². The second-order valence-electron chi connectivity index (χ2n) is 6.26. The third kappa shape index (κ3) is 4.47. The molecule has 5 heteroatoms. The Bertz CT molecular complexity index is 884. The summed E-state index contributed by atoms with van der Waals surface area (Å²) in [4.78, 5) is 0. The molecule has 1 aliphatic heterocycles. The minimum atomic E-state index is 0.113. The van der Waals surface area contributed by atoms with E-state index in [1.165, 1.54) is 5.56 Å². The van der Waals surface area contributed by atoms with Crippen molar-refractivity contribution in [1.29, 1.82) is 0 Å². The quantitative estimate of drug-likeness (QED) is 0.375. The van der Waals surface area contributed by atoms with Gasteiger partial charge in [-0.1, -0.05) is 42.5 Å². The maximum absolute atomic E-state index is 5.99. The van der Waals surface area contributed by atoms with Gasteiger partial charge in [0.1, 0.15) is 35.1 Å². The lowest BCUT2D eigenvalue weighted by molar-refractivity contribution is 0.277. The van der Waals surface area contributed by atoms with Gasteiger partial charge in [0.2, 0.25) is 0 Å². The van der Waals surface area contributed by atoms with Gasteiger partial charge < -0.3 is 19.5 Å². The van der Waals surface area contributed by atoms with Crippen LogP contribution in [0.4, 0.5) is 5.69 Å². The average Bonchev–Trinajstić information content (AvgIpc) is 2.73. The summed E-state index contributed by atoms with van der Waals surface area (Å²) in [7, 11) is 0. The molecule has 3 aromatic rings. The van der Waals surface area contributed by atoms with E-state index in [9.17, 15) is 0 Å². The zero-order chi connectivity index (χ0) is 18.5. The molecule has 1 atom stereocenters. The van der Waals surface area contributed by atoms with Gasteiger partial charge >= 0.3 is 0 Å². The molecule has 138 valence electrons. The Hall–Kier alpha value is -2.41. The number of halogens is 1. The smallest absolute Gasteiger partial charge is 0.146 e. The van der Waals surface area contributed by atoms with Crippen molar-refractivity contribution >= 4 is 28.3 Å². The molecule has 4 nitrogen and oxygen atoms in total. The number of nitrogens with one attached hydrogen (secondary N) is 1. The van der Waals surface area contributed by atoms with Crippen LogP contribution in [0.3, 0.4) is 0 Å². The first-order valence-corrected chi connectivity index (χ1v) is 10.3. The van der Waals surface area contributed by atoms with Gasteiger partial charge in [0.25, 0.3) is 0 Å². The van der Waals surface area contributed by atoms with Gasteiger partial charge in [-0.05, 0) is 58.0 Å². The number of alkyl halides is 1. The van der Waals surface area contributed by atoms with E-state index in [0.717, 1.165) is 28.5 Å². The predicted molar refractivity (Wildman–Crippen MR) is 115 cm³/mol. The average molecular weight is 473 g/mol. The summed E-state index contributed by atoms with van der Waals surface area (Å²) in [6, 6.07) is 24.3. The molecule has 0 bridgehead atoms. The lowest BCUT2D eigenvalue weighted by atomic mass is 10.1. The second kappa shape index (κ2) is 8.52. The fraction of sp³-hybridized carbons (Fsp3) is 0.182. The summed E-state index contributed by atoms with van der Waals surface area (Å²) < 4.78 is 18.0. The van der Waals surface area contributed by atoms with Gasteiger partial charge in [-0.2, -0.15) is 0 Å². The molecule has 0 aromatic heterocycles. The maximum Gasteiger partial charge on any atom is 0.146 e. The zero-order valence-corrected chi connectivity index (χ0v) is 16.9. The molecule has 27 heavy (non-hydrogen) atoms. The van der Waals surface area contributed by atoms with Crippen LogP contribution in [0, 0.1) is 0 Å². The van der Waals surface area contributed by atoms with Crippen LogP contribution in [-0.4, -0.2) is 11.2 Å². The van der Waals surface area contributed by atoms with Crippen molar-refractivity contribution in [3.05, 3.63) is 83.9 Å². The normalized spacial score (nSPS) is 15.2. The van der Waals surface area contributed by atoms with E-state index in [-0.39, 0.29) is 6.04 Å². The van der Waals surface area contributed by atoms with Crippen LogP contribution < -0.4 is 19.5 Å². The van der Waals surface area contributed by atoms with Crippen molar-refractivity contribution in [2.75, 3.05) is 16.5 Å². The van der Waals surface area contributed by atoms with E-state index in [0.29, 0.717) is 17.8 Å². The second-order valence-corrected chi connectivity index (χ2v) is 6.89. The lowest BCUT2D eigenvalue weighted by Gasteiger charge is -2.28. The number of hydrogen-bond acceptors (Lipinski definition) is 4. The molecule has 0 spiro atoms. The Morgan fingerprint density at radius 1 is 0.926 bits per heavy atom. The number of fused-ring (bicyclic) bond motifs is 1. The monoisotopic (exact) mass is 473 g/mol. The molecule has 0 saturated carbocycles. The number of hydrogen-bond donors (Lipinski definition) is 1.